The van der Waals surface area contributed by atoms with E-state index in [9.17, 15) is 4.79 Å². The number of aliphatic hydroxyl groups excluding tert-OH is 1. The van der Waals surface area contributed by atoms with Crippen LogP contribution in [0.5, 0.6) is 0 Å². The Morgan fingerprint density at radius 3 is 2.50 bits per heavy atom. The molecule has 6 heteroatoms. The third kappa shape index (κ3) is 2.40. The number of aromatic amines is 1. The van der Waals surface area contributed by atoms with Gasteiger partial charge in [-0.25, -0.2) is 0 Å². The van der Waals surface area contributed by atoms with Gasteiger partial charge in [0.1, 0.15) is 0 Å². The normalized spacial score (nSPS) is 10.7. The van der Waals surface area contributed by atoms with E-state index in [0.717, 1.165) is 0 Å². The number of hydrogen-bond acceptors (Lipinski definition) is 2. The van der Waals surface area contributed by atoms with Crippen molar-refractivity contribution >= 4 is 34.8 Å². The number of nitrogens with one attached hydrogen (secondary N) is 1. The average molecular weight is 305 g/mol. The first kappa shape index (κ1) is 13.4. The highest BCUT2D eigenvalue weighted by molar-refractivity contribution is 6.49. The Hall–Kier alpha value is -1.000. The average Bonchev–Trinajstić information content (AvgIpc) is 2.37. The van der Waals surface area contributed by atoms with Crippen molar-refractivity contribution < 1.29 is 5.11 Å². The quantitative estimate of drug-likeness (QED) is 0.834. The maximum atomic E-state index is 11.8. The van der Waals surface area contributed by atoms with E-state index in [4.69, 9.17) is 39.9 Å². The van der Waals surface area contributed by atoms with E-state index in [1.54, 1.807) is 18.2 Å². The van der Waals surface area contributed by atoms with Gasteiger partial charge in [-0.15, -0.1) is 0 Å². The van der Waals surface area contributed by atoms with Gasteiger partial charge in [-0.05, 0) is 17.7 Å². The number of benzene rings is 1. The lowest BCUT2D eigenvalue weighted by atomic mass is 10.1. The van der Waals surface area contributed by atoms with Gasteiger partial charge in [0.25, 0.3) is 5.56 Å². The fraction of sp³-hybridized carbons (Fsp3) is 0.0833. The van der Waals surface area contributed by atoms with Crippen LogP contribution >= 0.6 is 34.8 Å². The number of aromatic nitrogens is 1. The van der Waals surface area contributed by atoms with Crippen molar-refractivity contribution in [2.45, 2.75) is 6.61 Å². The second-order valence-electron chi connectivity index (χ2n) is 3.63. The molecule has 1 aromatic carbocycles. The molecule has 0 amide bonds. The summed E-state index contributed by atoms with van der Waals surface area (Å²) in [7, 11) is 0. The van der Waals surface area contributed by atoms with Gasteiger partial charge in [0.2, 0.25) is 0 Å². The summed E-state index contributed by atoms with van der Waals surface area (Å²) < 4.78 is 0. The predicted octanol–water partition coefficient (Wildman–Crippen LogP) is 3.49. The molecule has 0 aliphatic carbocycles. The summed E-state index contributed by atoms with van der Waals surface area (Å²) in [5.74, 6) is 0. The third-order valence-electron chi connectivity index (χ3n) is 2.47. The minimum absolute atomic E-state index is 0.178. The lowest BCUT2D eigenvalue weighted by molar-refractivity contribution is 0.281. The highest BCUT2D eigenvalue weighted by Gasteiger charge is 2.13. The van der Waals surface area contributed by atoms with Crippen LogP contribution in [0.25, 0.3) is 11.1 Å². The van der Waals surface area contributed by atoms with Crippen molar-refractivity contribution in [1.29, 1.82) is 0 Å². The summed E-state index contributed by atoms with van der Waals surface area (Å²) in [5, 5.41) is 9.80. The number of aliphatic hydroxyl groups is 1. The highest BCUT2D eigenvalue weighted by Crippen LogP contribution is 2.36. The largest absolute Gasteiger partial charge is 0.392 e. The maximum Gasteiger partial charge on any atom is 0.255 e. The van der Waals surface area contributed by atoms with E-state index in [0.29, 0.717) is 21.7 Å². The highest BCUT2D eigenvalue weighted by atomic mass is 35.5. The van der Waals surface area contributed by atoms with E-state index in [-0.39, 0.29) is 22.2 Å². The van der Waals surface area contributed by atoms with Crippen molar-refractivity contribution in [2.24, 2.45) is 0 Å². The molecule has 1 aromatic heterocycles. The Kier molecular flexibility index (Phi) is 3.97. The summed E-state index contributed by atoms with van der Waals surface area (Å²) in [6.07, 6.45) is 1.44. The monoisotopic (exact) mass is 303 g/mol. The molecule has 0 aliphatic heterocycles. The molecule has 0 bridgehead atoms. The second kappa shape index (κ2) is 5.33. The van der Waals surface area contributed by atoms with Gasteiger partial charge in [-0.2, -0.15) is 0 Å². The SMILES string of the molecule is O=c1[nH]cc(CO)cc1-c1ccc(Cl)c(Cl)c1Cl. The Morgan fingerprint density at radius 1 is 1.11 bits per heavy atom. The van der Waals surface area contributed by atoms with Crippen LogP contribution in [0.1, 0.15) is 5.56 Å². The Labute approximate surface area is 118 Å². The van der Waals surface area contributed by atoms with Crippen molar-refractivity contribution in [1.82, 2.24) is 4.98 Å². The van der Waals surface area contributed by atoms with Crippen LogP contribution in [0.3, 0.4) is 0 Å². The van der Waals surface area contributed by atoms with E-state index >= 15 is 0 Å². The van der Waals surface area contributed by atoms with E-state index in [1.807, 2.05) is 0 Å². The molecule has 0 atom stereocenters. The third-order valence-corrected chi connectivity index (χ3v) is 3.76. The van der Waals surface area contributed by atoms with Gasteiger partial charge in [0.15, 0.2) is 0 Å². The van der Waals surface area contributed by atoms with Crippen LogP contribution in [0.2, 0.25) is 15.1 Å². The zero-order chi connectivity index (χ0) is 13.3. The molecule has 18 heavy (non-hydrogen) atoms. The summed E-state index contributed by atoms with van der Waals surface area (Å²) >= 11 is 17.8. The number of halogens is 3. The minimum atomic E-state index is -0.313. The molecule has 0 aliphatic rings. The molecule has 2 aromatic rings. The van der Waals surface area contributed by atoms with Crippen molar-refractivity contribution in [3.63, 3.8) is 0 Å². The molecular formula is C12H8Cl3NO2. The molecule has 3 nitrogen and oxygen atoms in total. The Morgan fingerprint density at radius 2 is 1.83 bits per heavy atom. The summed E-state index contributed by atoms with van der Waals surface area (Å²) in [5.41, 5.74) is 1.08. The first-order chi connectivity index (χ1) is 8.54. The summed E-state index contributed by atoms with van der Waals surface area (Å²) in [6.45, 7) is -0.178. The minimum Gasteiger partial charge on any atom is -0.392 e. The van der Waals surface area contributed by atoms with E-state index in [2.05, 4.69) is 4.98 Å². The van der Waals surface area contributed by atoms with Crippen LogP contribution in [0.4, 0.5) is 0 Å². The van der Waals surface area contributed by atoms with Crippen LogP contribution in [-0.2, 0) is 6.61 Å². The molecule has 1 heterocycles. The van der Waals surface area contributed by atoms with Gasteiger partial charge >= 0.3 is 0 Å². The Balaban J connectivity index is 2.69. The van der Waals surface area contributed by atoms with Crippen molar-refractivity contribution in [3.8, 4) is 11.1 Å². The fourth-order valence-corrected chi connectivity index (χ4v) is 2.19. The zero-order valence-corrected chi connectivity index (χ0v) is 11.3. The van der Waals surface area contributed by atoms with Gasteiger partial charge in [-0.3, -0.25) is 4.79 Å². The van der Waals surface area contributed by atoms with Crippen molar-refractivity contribution in [3.05, 3.63) is 55.4 Å². The predicted molar refractivity (Wildman–Crippen MR) is 73.5 cm³/mol. The van der Waals surface area contributed by atoms with E-state index in [1.165, 1.54) is 6.20 Å². The number of H-pyrrole nitrogens is 1. The van der Waals surface area contributed by atoms with Gasteiger partial charge < -0.3 is 10.1 Å². The van der Waals surface area contributed by atoms with Gasteiger partial charge in [-0.1, -0.05) is 40.9 Å². The molecule has 2 rings (SSSR count). The second-order valence-corrected chi connectivity index (χ2v) is 4.79. The number of rotatable bonds is 2. The van der Waals surface area contributed by atoms with Crippen molar-refractivity contribution in [2.75, 3.05) is 0 Å². The van der Waals surface area contributed by atoms with Crippen LogP contribution in [0.15, 0.2) is 29.2 Å². The molecule has 94 valence electrons. The van der Waals surface area contributed by atoms with E-state index < -0.39 is 0 Å². The summed E-state index contributed by atoms with van der Waals surface area (Å²) in [6, 6.07) is 4.74. The molecule has 2 N–H and O–H groups in total. The van der Waals surface area contributed by atoms with Crippen LogP contribution in [0, 0.1) is 0 Å². The first-order valence-electron chi connectivity index (χ1n) is 5.01. The zero-order valence-electron chi connectivity index (χ0n) is 9.01. The standard InChI is InChI=1S/C12H8Cl3NO2/c13-9-2-1-7(10(14)11(9)15)8-3-6(5-17)4-16-12(8)18/h1-4,17H,5H2,(H,16,18). The number of hydrogen-bond donors (Lipinski definition) is 2. The molecule has 0 spiro atoms. The molecule has 0 fully saturated rings. The maximum absolute atomic E-state index is 11.8. The molecule has 0 saturated carbocycles. The fourth-order valence-electron chi connectivity index (χ4n) is 1.55. The smallest absolute Gasteiger partial charge is 0.255 e. The van der Waals surface area contributed by atoms with Gasteiger partial charge in [0, 0.05) is 17.3 Å². The summed E-state index contributed by atoms with van der Waals surface area (Å²) in [4.78, 5) is 14.3. The molecular weight excluding hydrogens is 296 g/mol. The Bertz CT molecular complexity index is 652. The lowest BCUT2D eigenvalue weighted by Crippen LogP contribution is -2.09. The van der Waals surface area contributed by atoms with Crippen LogP contribution in [-0.4, -0.2) is 10.1 Å². The molecule has 0 saturated heterocycles. The van der Waals surface area contributed by atoms with Crippen LogP contribution < -0.4 is 5.56 Å². The topological polar surface area (TPSA) is 53.1 Å². The molecule has 0 unspecified atom stereocenters. The number of pyridine rings is 1. The van der Waals surface area contributed by atoms with Gasteiger partial charge in [0.05, 0.1) is 21.7 Å². The lowest BCUT2D eigenvalue weighted by Gasteiger charge is -2.07. The first-order valence-corrected chi connectivity index (χ1v) is 6.14. The molecule has 0 radical (unpaired) electrons.